The van der Waals surface area contributed by atoms with Crippen LogP contribution in [0.4, 0.5) is 10.8 Å². The molecule has 1 aromatic heterocycles. The van der Waals surface area contributed by atoms with Crippen LogP contribution in [0, 0.1) is 10.9 Å². The van der Waals surface area contributed by atoms with Gasteiger partial charge in [-0.25, -0.2) is 0 Å². The van der Waals surface area contributed by atoms with E-state index in [-0.39, 0.29) is 0 Å². The van der Waals surface area contributed by atoms with Gasteiger partial charge in [-0.1, -0.05) is 43.4 Å². The van der Waals surface area contributed by atoms with Gasteiger partial charge in [-0.2, -0.15) is 0 Å². The van der Waals surface area contributed by atoms with Gasteiger partial charge in [-0.3, -0.25) is 5.10 Å². The van der Waals surface area contributed by atoms with E-state index in [0.717, 1.165) is 10.8 Å². The number of H-pyrrole nitrogens is 1. The number of aromatic amines is 1. The lowest BCUT2D eigenvalue weighted by Gasteiger charge is -2.15. The van der Waals surface area contributed by atoms with Gasteiger partial charge in [0, 0.05) is 5.69 Å². The van der Waals surface area contributed by atoms with Crippen molar-refractivity contribution in [2.24, 2.45) is 0 Å². The van der Waals surface area contributed by atoms with Crippen molar-refractivity contribution in [3.05, 3.63) is 33.3 Å². The molecule has 1 heterocycles. The smallest absolute Gasteiger partial charge is 0.208 e. The Morgan fingerprint density at radius 1 is 1.41 bits per heavy atom. The Bertz CT molecular complexity index is 569. The molecule has 0 aliphatic heterocycles. The lowest BCUT2D eigenvalue weighted by atomic mass is 9.98. The molecule has 0 unspecified atom stereocenters. The molecule has 0 spiro atoms. The minimum Gasteiger partial charge on any atom is -0.330 e. The number of para-hydroxylation sites is 1. The van der Waals surface area contributed by atoms with Crippen molar-refractivity contribution < 1.29 is 0 Å². The van der Waals surface area contributed by atoms with Crippen LogP contribution in [-0.4, -0.2) is 10.2 Å². The number of hydrogen-bond acceptors (Lipinski definition) is 4. The molecular weight excluding hydrogens is 250 g/mol. The predicted molar refractivity (Wildman–Crippen MR) is 75.8 cm³/mol. The fourth-order valence-electron chi connectivity index (χ4n) is 1.73. The first-order valence-electron chi connectivity index (χ1n) is 5.50. The lowest BCUT2D eigenvalue weighted by molar-refractivity contribution is 0.867. The van der Waals surface area contributed by atoms with Gasteiger partial charge in [0.25, 0.3) is 0 Å². The second-order valence-corrected chi connectivity index (χ2v) is 5.90. The zero-order chi connectivity index (χ0) is 12.4. The van der Waals surface area contributed by atoms with Gasteiger partial charge in [0.15, 0.2) is 3.95 Å². The van der Waals surface area contributed by atoms with Crippen LogP contribution in [0.5, 0.6) is 0 Å². The lowest BCUT2D eigenvalue weighted by Crippen LogP contribution is -2.00. The summed E-state index contributed by atoms with van der Waals surface area (Å²) in [6, 6.07) is 6.33. The van der Waals surface area contributed by atoms with E-state index in [0.29, 0.717) is 9.87 Å². The van der Waals surface area contributed by atoms with Gasteiger partial charge in [0.05, 0.1) is 0 Å². The summed E-state index contributed by atoms with van der Waals surface area (Å²) in [5.74, 6) is 0.476. The van der Waals surface area contributed by atoms with Gasteiger partial charge >= 0.3 is 0 Å². The highest BCUT2D eigenvalue weighted by atomic mass is 32.1. The zero-order valence-electron chi connectivity index (χ0n) is 10.1. The van der Waals surface area contributed by atoms with Crippen LogP contribution in [0.3, 0.4) is 0 Å². The fourth-order valence-corrected chi connectivity index (χ4v) is 2.53. The molecule has 90 valence electrons. The van der Waals surface area contributed by atoms with Crippen LogP contribution in [0.2, 0.25) is 0 Å². The van der Waals surface area contributed by atoms with E-state index in [4.69, 9.17) is 12.2 Å². The van der Waals surface area contributed by atoms with Crippen molar-refractivity contribution in [2.45, 2.75) is 26.7 Å². The average molecular weight is 265 g/mol. The minimum atomic E-state index is 0.476. The maximum Gasteiger partial charge on any atom is 0.208 e. The number of nitrogens with zero attached hydrogens (tertiary/aromatic N) is 1. The molecule has 2 aromatic rings. The number of hydrogen-bond donors (Lipinski definition) is 2. The van der Waals surface area contributed by atoms with Gasteiger partial charge < -0.3 is 5.32 Å². The Balaban J connectivity index is 2.40. The van der Waals surface area contributed by atoms with Crippen LogP contribution < -0.4 is 5.32 Å². The standard InChI is InChI=1S/C12H15N3S2/c1-7(2)9-6-4-5-8(3)10(9)13-11-14-15-12(16)17-11/h4-7H,1-3H3,(H,13,14)(H,15,16). The highest BCUT2D eigenvalue weighted by molar-refractivity contribution is 7.73. The quantitative estimate of drug-likeness (QED) is 0.809. The van der Waals surface area contributed by atoms with Crippen molar-refractivity contribution in [3.8, 4) is 0 Å². The van der Waals surface area contributed by atoms with Crippen molar-refractivity contribution in [1.29, 1.82) is 0 Å². The first kappa shape index (κ1) is 12.3. The molecule has 5 heteroatoms. The molecule has 1 aromatic carbocycles. The number of rotatable bonds is 3. The highest BCUT2D eigenvalue weighted by Crippen LogP contribution is 2.30. The Morgan fingerprint density at radius 2 is 2.18 bits per heavy atom. The molecular formula is C12H15N3S2. The third-order valence-corrected chi connectivity index (χ3v) is 3.60. The maximum atomic E-state index is 5.03. The van der Waals surface area contributed by atoms with Gasteiger partial charge in [-0.05, 0) is 36.2 Å². The molecule has 0 fully saturated rings. The van der Waals surface area contributed by atoms with Crippen LogP contribution in [-0.2, 0) is 0 Å². The molecule has 0 saturated heterocycles. The molecule has 0 bridgehead atoms. The first-order chi connectivity index (χ1) is 8.08. The fraction of sp³-hybridized carbons (Fsp3) is 0.333. The van der Waals surface area contributed by atoms with Gasteiger partial charge in [0.2, 0.25) is 5.13 Å². The van der Waals surface area contributed by atoms with E-state index >= 15 is 0 Å². The van der Waals surface area contributed by atoms with Gasteiger partial charge in [-0.15, -0.1) is 5.10 Å². The summed E-state index contributed by atoms with van der Waals surface area (Å²) in [6.45, 7) is 6.47. The van der Waals surface area contributed by atoms with Crippen molar-refractivity contribution >= 4 is 34.4 Å². The number of anilines is 2. The monoisotopic (exact) mass is 265 g/mol. The molecule has 0 saturated carbocycles. The van der Waals surface area contributed by atoms with Crippen LogP contribution in [0.15, 0.2) is 18.2 Å². The molecule has 17 heavy (non-hydrogen) atoms. The summed E-state index contributed by atoms with van der Waals surface area (Å²) in [4.78, 5) is 0. The van der Waals surface area contributed by atoms with E-state index in [9.17, 15) is 0 Å². The molecule has 0 aliphatic rings. The van der Waals surface area contributed by atoms with Crippen molar-refractivity contribution in [1.82, 2.24) is 10.2 Å². The normalized spacial score (nSPS) is 10.8. The summed E-state index contributed by atoms with van der Waals surface area (Å²) in [6.07, 6.45) is 0. The molecule has 2 N–H and O–H groups in total. The molecule has 2 rings (SSSR count). The summed E-state index contributed by atoms with van der Waals surface area (Å²) in [5, 5.41) is 11.1. The SMILES string of the molecule is Cc1cccc(C(C)C)c1Nc1n[nH]c(=S)s1. The largest absolute Gasteiger partial charge is 0.330 e. The summed E-state index contributed by atoms with van der Waals surface area (Å²) in [5.41, 5.74) is 3.66. The first-order valence-corrected chi connectivity index (χ1v) is 6.72. The minimum absolute atomic E-state index is 0.476. The summed E-state index contributed by atoms with van der Waals surface area (Å²) < 4.78 is 0.687. The van der Waals surface area contributed by atoms with Crippen molar-refractivity contribution in [3.63, 3.8) is 0 Å². The van der Waals surface area contributed by atoms with Crippen LogP contribution >= 0.6 is 23.6 Å². The summed E-state index contributed by atoms with van der Waals surface area (Å²) in [7, 11) is 0. The van der Waals surface area contributed by atoms with E-state index in [1.54, 1.807) is 0 Å². The second kappa shape index (κ2) is 4.98. The Hall–Kier alpha value is -1.20. The topological polar surface area (TPSA) is 40.7 Å². The zero-order valence-corrected chi connectivity index (χ0v) is 11.7. The van der Waals surface area contributed by atoms with Gasteiger partial charge in [0.1, 0.15) is 0 Å². The van der Waals surface area contributed by atoms with E-state index in [1.807, 2.05) is 0 Å². The number of nitrogens with one attached hydrogen (secondary N) is 2. The average Bonchev–Trinajstić information content (AvgIpc) is 2.67. The number of benzene rings is 1. The van der Waals surface area contributed by atoms with E-state index < -0.39 is 0 Å². The molecule has 0 atom stereocenters. The molecule has 0 aliphatic carbocycles. The summed E-state index contributed by atoms with van der Waals surface area (Å²) >= 11 is 6.48. The van der Waals surface area contributed by atoms with Crippen LogP contribution in [0.25, 0.3) is 0 Å². The number of aryl methyl sites for hydroxylation is 1. The Kier molecular flexibility index (Phi) is 3.59. The molecule has 0 radical (unpaired) electrons. The molecule has 3 nitrogen and oxygen atoms in total. The third kappa shape index (κ3) is 2.73. The highest BCUT2D eigenvalue weighted by Gasteiger charge is 2.10. The van der Waals surface area contributed by atoms with Crippen molar-refractivity contribution in [2.75, 3.05) is 5.32 Å². The van der Waals surface area contributed by atoms with E-state index in [1.165, 1.54) is 22.5 Å². The maximum absolute atomic E-state index is 5.03. The predicted octanol–water partition coefficient (Wildman–Crippen LogP) is 4.38. The molecule has 0 amide bonds. The second-order valence-electron chi connectivity index (χ2n) is 4.24. The Morgan fingerprint density at radius 3 is 2.76 bits per heavy atom. The third-order valence-electron chi connectivity index (χ3n) is 2.60. The van der Waals surface area contributed by atoms with Crippen LogP contribution in [0.1, 0.15) is 30.9 Å². The Labute approximate surface area is 110 Å². The number of aromatic nitrogens is 2. The van der Waals surface area contributed by atoms with E-state index in [2.05, 4.69) is 54.5 Å².